The third-order valence-electron chi connectivity index (χ3n) is 3.91. The number of nitrogens with zero attached hydrogens (tertiary/aromatic N) is 4. The Morgan fingerprint density at radius 3 is 2.84 bits per heavy atom. The molecule has 0 amide bonds. The van der Waals surface area contributed by atoms with Gasteiger partial charge in [0.25, 0.3) is 11.2 Å². The Balaban J connectivity index is 1.76. The van der Waals surface area contributed by atoms with E-state index in [1.165, 1.54) is 29.1 Å². The van der Waals surface area contributed by atoms with E-state index in [1.54, 1.807) is 12.1 Å². The predicted molar refractivity (Wildman–Crippen MR) is 90.5 cm³/mol. The molecule has 0 aliphatic carbocycles. The molecule has 0 saturated heterocycles. The zero-order chi connectivity index (χ0) is 17.6. The summed E-state index contributed by atoms with van der Waals surface area (Å²) in [6.45, 7) is 2.00. The molecule has 0 fully saturated rings. The van der Waals surface area contributed by atoms with Crippen molar-refractivity contribution in [3.63, 3.8) is 0 Å². The first-order valence-corrected chi connectivity index (χ1v) is 7.51. The number of rotatable bonds is 3. The van der Waals surface area contributed by atoms with E-state index in [2.05, 4.69) is 9.97 Å². The first-order valence-electron chi connectivity index (χ1n) is 7.51. The molecule has 2 aromatic carbocycles. The smallest absolute Gasteiger partial charge is 0.271 e. The monoisotopic (exact) mass is 336 g/mol. The Morgan fingerprint density at radius 2 is 2.04 bits per heavy atom. The van der Waals surface area contributed by atoms with Crippen molar-refractivity contribution in [2.75, 3.05) is 0 Å². The normalized spacial score (nSPS) is 11.2. The summed E-state index contributed by atoms with van der Waals surface area (Å²) >= 11 is 0. The Labute approximate surface area is 140 Å². The topological polar surface area (TPSA) is 104 Å². The van der Waals surface area contributed by atoms with Gasteiger partial charge >= 0.3 is 0 Å². The minimum atomic E-state index is -0.492. The molecule has 2 aromatic heterocycles. The second-order valence-corrected chi connectivity index (χ2v) is 5.71. The first kappa shape index (κ1) is 15.0. The number of aromatic nitrogens is 3. The summed E-state index contributed by atoms with van der Waals surface area (Å²) in [6, 6.07) is 9.67. The zero-order valence-electron chi connectivity index (χ0n) is 13.2. The molecule has 0 aliphatic rings. The SMILES string of the molecule is Cc1ccc2ncn(Cc3nc4cc([N+](=O)[O-])ccc4o3)c(=O)c2c1. The van der Waals surface area contributed by atoms with Crippen LogP contribution in [-0.2, 0) is 6.54 Å². The lowest BCUT2D eigenvalue weighted by Gasteiger charge is -2.04. The molecule has 0 atom stereocenters. The van der Waals surface area contributed by atoms with Crippen LogP contribution in [0.15, 0.2) is 51.9 Å². The second kappa shape index (κ2) is 5.52. The third-order valence-corrected chi connectivity index (χ3v) is 3.91. The molecule has 0 unspecified atom stereocenters. The maximum Gasteiger partial charge on any atom is 0.271 e. The molecule has 4 aromatic rings. The van der Waals surface area contributed by atoms with Crippen LogP contribution in [0.2, 0.25) is 0 Å². The van der Waals surface area contributed by atoms with Crippen molar-refractivity contribution >= 4 is 27.7 Å². The van der Waals surface area contributed by atoms with E-state index in [4.69, 9.17) is 4.42 Å². The van der Waals surface area contributed by atoms with Gasteiger partial charge in [-0.2, -0.15) is 0 Å². The van der Waals surface area contributed by atoms with Crippen LogP contribution >= 0.6 is 0 Å². The van der Waals surface area contributed by atoms with Crippen molar-refractivity contribution in [2.45, 2.75) is 13.5 Å². The lowest BCUT2D eigenvalue weighted by atomic mass is 10.2. The van der Waals surface area contributed by atoms with E-state index in [1.807, 2.05) is 13.0 Å². The van der Waals surface area contributed by atoms with Gasteiger partial charge in [0.15, 0.2) is 5.58 Å². The molecule has 0 saturated carbocycles. The average molecular weight is 336 g/mol. The molecule has 0 aliphatic heterocycles. The summed E-state index contributed by atoms with van der Waals surface area (Å²) in [4.78, 5) is 31.5. The van der Waals surface area contributed by atoms with Crippen LogP contribution in [-0.4, -0.2) is 19.5 Å². The molecule has 4 rings (SSSR count). The maximum absolute atomic E-state index is 12.6. The minimum absolute atomic E-state index is 0.0626. The third kappa shape index (κ3) is 2.63. The summed E-state index contributed by atoms with van der Waals surface area (Å²) in [5, 5.41) is 11.4. The minimum Gasteiger partial charge on any atom is -0.439 e. The molecular weight excluding hydrogens is 324 g/mol. The number of benzene rings is 2. The first-order chi connectivity index (χ1) is 12.0. The fraction of sp³-hybridized carbons (Fsp3) is 0.118. The van der Waals surface area contributed by atoms with Crippen LogP contribution in [0.25, 0.3) is 22.0 Å². The Morgan fingerprint density at radius 1 is 1.20 bits per heavy atom. The van der Waals surface area contributed by atoms with Crippen molar-refractivity contribution in [2.24, 2.45) is 0 Å². The van der Waals surface area contributed by atoms with Crippen molar-refractivity contribution < 1.29 is 9.34 Å². The molecule has 0 bridgehead atoms. The molecule has 2 heterocycles. The van der Waals surface area contributed by atoms with Crippen LogP contribution in [0.3, 0.4) is 0 Å². The van der Waals surface area contributed by atoms with Crippen molar-refractivity contribution in [1.29, 1.82) is 0 Å². The predicted octanol–water partition coefficient (Wildman–Crippen LogP) is 2.80. The number of nitro benzene ring substituents is 1. The highest BCUT2D eigenvalue weighted by Crippen LogP contribution is 2.21. The highest BCUT2D eigenvalue weighted by Gasteiger charge is 2.13. The fourth-order valence-corrected chi connectivity index (χ4v) is 2.68. The average Bonchev–Trinajstić information content (AvgIpc) is 2.99. The van der Waals surface area contributed by atoms with Gasteiger partial charge in [-0.3, -0.25) is 19.5 Å². The van der Waals surface area contributed by atoms with Crippen molar-refractivity contribution in [3.05, 3.63) is 74.6 Å². The van der Waals surface area contributed by atoms with Crippen LogP contribution in [0, 0.1) is 17.0 Å². The van der Waals surface area contributed by atoms with E-state index in [-0.39, 0.29) is 23.7 Å². The van der Waals surface area contributed by atoms with Gasteiger partial charge in [-0.25, -0.2) is 9.97 Å². The molecule has 0 radical (unpaired) electrons. The number of aryl methyl sites for hydroxylation is 1. The molecule has 8 nitrogen and oxygen atoms in total. The summed E-state index contributed by atoms with van der Waals surface area (Å²) in [7, 11) is 0. The molecule has 0 spiro atoms. The van der Waals surface area contributed by atoms with E-state index in [0.717, 1.165) is 5.56 Å². The number of hydrogen-bond acceptors (Lipinski definition) is 6. The summed E-state index contributed by atoms with van der Waals surface area (Å²) in [6.07, 6.45) is 1.44. The number of hydrogen-bond donors (Lipinski definition) is 0. The lowest BCUT2D eigenvalue weighted by molar-refractivity contribution is -0.384. The van der Waals surface area contributed by atoms with Gasteiger partial charge in [-0.05, 0) is 25.1 Å². The molecular formula is C17H12N4O4. The molecule has 124 valence electrons. The number of fused-ring (bicyclic) bond motifs is 2. The van der Waals surface area contributed by atoms with E-state index < -0.39 is 4.92 Å². The largest absolute Gasteiger partial charge is 0.439 e. The van der Waals surface area contributed by atoms with E-state index in [0.29, 0.717) is 22.0 Å². The highest BCUT2D eigenvalue weighted by atomic mass is 16.6. The van der Waals surface area contributed by atoms with Gasteiger partial charge in [0.2, 0.25) is 5.89 Å². The van der Waals surface area contributed by atoms with Crippen molar-refractivity contribution in [1.82, 2.24) is 14.5 Å². The van der Waals surface area contributed by atoms with Gasteiger partial charge in [-0.15, -0.1) is 0 Å². The Bertz CT molecular complexity index is 1190. The van der Waals surface area contributed by atoms with Gasteiger partial charge in [0, 0.05) is 12.1 Å². The van der Waals surface area contributed by atoms with Crippen LogP contribution in [0.4, 0.5) is 5.69 Å². The molecule has 25 heavy (non-hydrogen) atoms. The van der Waals surface area contributed by atoms with Gasteiger partial charge in [-0.1, -0.05) is 11.6 Å². The van der Waals surface area contributed by atoms with Gasteiger partial charge in [0.05, 0.1) is 22.2 Å². The maximum atomic E-state index is 12.6. The van der Waals surface area contributed by atoms with E-state index in [9.17, 15) is 14.9 Å². The standard InChI is InChI=1S/C17H12N4O4/c1-10-2-4-13-12(6-10)17(22)20(9-18-13)8-16-19-14-7-11(21(23)24)3-5-15(14)25-16/h2-7,9H,8H2,1H3. The van der Waals surface area contributed by atoms with Crippen molar-refractivity contribution in [3.8, 4) is 0 Å². The summed E-state index contributed by atoms with van der Waals surface area (Å²) < 4.78 is 6.98. The van der Waals surface area contributed by atoms with Gasteiger partial charge in [0.1, 0.15) is 12.1 Å². The van der Waals surface area contributed by atoms with Gasteiger partial charge < -0.3 is 4.42 Å². The number of oxazole rings is 1. The van der Waals surface area contributed by atoms with Crippen LogP contribution in [0.5, 0.6) is 0 Å². The highest BCUT2D eigenvalue weighted by molar-refractivity contribution is 5.78. The number of nitro groups is 1. The molecule has 0 N–H and O–H groups in total. The fourth-order valence-electron chi connectivity index (χ4n) is 2.68. The number of non-ortho nitro benzene ring substituents is 1. The molecule has 8 heteroatoms. The Kier molecular flexibility index (Phi) is 3.31. The van der Waals surface area contributed by atoms with E-state index >= 15 is 0 Å². The van der Waals surface area contributed by atoms with Crippen LogP contribution < -0.4 is 5.56 Å². The van der Waals surface area contributed by atoms with Crippen LogP contribution in [0.1, 0.15) is 11.5 Å². The summed E-state index contributed by atoms with van der Waals surface area (Å²) in [5.74, 6) is 0.284. The Hall–Kier alpha value is -3.55. The zero-order valence-corrected chi connectivity index (χ0v) is 13.2. The lowest BCUT2D eigenvalue weighted by Crippen LogP contribution is -2.21. The summed E-state index contributed by atoms with van der Waals surface area (Å²) in [5.41, 5.74) is 2.15. The quantitative estimate of drug-likeness (QED) is 0.421. The second-order valence-electron chi connectivity index (χ2n) is 5.71.